The van der Waals surface area contributed by atoms with Crippen molar-refractivity contribution in [2.24, 2.45) is 0 Å². The number of methoxy groups -OCH3 is 1. The van der Waals surface area contributed by atoms with Crippen LogP contribution >= 0.6 is 0 Å². The van der Waals surface area contributed by atoms with Crippen molar-refractivity contribution >= 4 is 34.2 Å². The van der Waals surface area contributed by atoms with E-state index >= 15 is 0 Å². The van der Waals surface area contributed by atoms with E-state index in [4.69, 9.17) is 9.47 Å². The van der Waals surface area contributed by atoms with Gasteiger partial charge in [-0.2, -0.15) is 0 Å². The Balaban J connectivity index is 2.51. The Morgan fingerprint density at radius 3 is 2.27 bits per heavy atom. The second-order valence-electron chi connectivity index (χ2n) is 9.80. The summed E-state index contributed by atoms with van der Waals surface area (Å²) in [4.78, 5) is 27.0. The third-order valence-corrected chi connectivity index (χ3v) is 6.41. The lowest BCUT2D eigenvalue weighted by molar-refractivity contribution is -0.112. The molecule has 1 aromatic rings. The summed E-state index contributed by atoms with van der Waals surface area (Å²) in [6.45, 7) is 11.6. The van der Waals surface area contributed by atoms with Crippen molar-refractivity contribution in [2.75, 3.05) is 12.0 Å². The summed E-state index contributed by atoms with van der Waals surface area (Å²) in [5, 5.41) is 0. The number of nitrogens with one attached hydrogen (secondary N) is 1. The van der Waals surface area contributed by atoms with Crippen molar-refractivity contribution in [3.63, 3.8) is 0 Å². The quantitative estimate of drug-likeness (QED) is 0.583. The van der Waals surface area contributed by atoms with Crippen LogP contribution in [-0.4, -0.2) is 46.1 Å². The Labute approximate surface area is 196 Å². The van der Waals surface area contributed by atoms with Gasteiger partial charge < -0.3 is 9.47 Å². The SMILES string of the molecule is COc1ccc2c(c1)/C(=C(\C)C[C@H](N[S@@](=O)C(C)(C)C)C(F)F)C(=O)N2C(=O)OC(C)(C)C. The van der Waals surface area contributed by atoms with Gasteiger partial charge in [0.2, 0.25) is 0 Å². The minimum atomic E-state index is -2.82. The molecule has 0 radical (unpaired) electrons. The number of benzene rings is 1. The highest BCUT2D eigenvalue weighted by molar-refractivity contribution is 7.84. The van der Waals surface area contributed by atoms with Crippen molar-refractivity contribution in [3.05, 3.63) is 29.3 Å². The lowest BCUT2D eigenvalue weighted by Gasteiger charge is -2.24. The van der Waals surface area contributed by atoms with Crippen molar-refractivity contribution < 1.29 is 32.1 Å². The molecule has 184 valence electrons. The molecule has 1 N–H and O–H groups in total. The first kappa shape index (κ1) is 26.9. The third-order valence-electron chi connectivity index (χ3n) is 4.78. The van der Waals surface area contributed by atoms with Gasteiger partial charge in [0.15, 0.2) is 0 Å². The summed E-state index contributed by atoms with van der Waals surface area (Å²) < 4.78 is 52.3. The summed E-state index contributed by atoms with van der Waals surface area (Å²) in [6.07, 6.45) is -3.94. The first-order valence-electron chi connectivity index (χ1n) is 10.5. The van der Waals surface area contributed by atoms with Crippen LogP contribution in [0, 0.1) is 0 Å². The van der Waals surface area contributed by atoms with Gasteiger partial charge in [0.05, 0.1) is 34.6 Å². The summed E-state index contributed by atoms with van der Waals surface area (Å²) >= 11 is 0. The molecule has 0 saturated carbocycles. The van der Waals surface area contributed by atoms with E-state index in [0.717, 1.165) is 4.90 Å². The van der Waals surface area contributed by atoms with Gasteiger partial charge in [-0.1, -0.05) is 5.57 Å². The first-order chi connectivity index (χ1) is 15.1. The number of rotatable bonds is 6. The average Bonchev–Trinajstić information content (AvgIpc) is 2.95. The fraction of sp³-hybridized carbons (Fsp3) is 0.565. The van der Waals surface area contributed by atoms with Gasteiger partial charge in [0.1, 0.15) is 11.4 Å². The van der Waals surface area contributed by atoms with Crippen molar-refractivity contribution in [1.29, 1.82) is 0 Å². The maximum Gasteiger partial charge on any atom is 0.422 e. The molecule has 1 aromatic carbocycles. The van der Waals surface area contributed by atoms with Gasteiger partial charge in [0, 0.05) is 11.1 Å². The number of carbonyl (C=O) groups is 2. The minimum Gasteiger partial charge on any atom is -0.497 e. The zero-order valence-electron chi connectivity index (χ0n) is 20.2. The zero-order chi connectivity index (χ0) is 25.3. The molecule has 2 amide bonds. The lowest BCUT2D eigenvalue weighted by Crippen LogP contribution is -2.43. The Bertz CT molecular complexity index is 980. The number of nitrogens with zero attached hydrogens (tertiary/aromatic N) is 1. The number of halogens is 2. The van der Waals surface area contributed by atoms with Crippen LogP contribution in [0.15, 0.2) is 23.8 Å². The predicted octanol–water partition coefficient (Wildman–Crippen LogP) is 4.83. The topological polar surface area (TPSA) is 84.9 Å². The molecule has 0 aliphatic carbocycles. The first-order valence-corrected chi connectivity index (χ1v) is 11.6. The molecule has 2 rings (SSSR count). The van der Waals surface area contributed by atoms with Crippen LogP contribution in [0.5, 0.6) is 5.75 Å². The van der Waals surface area contributed by atoms with E-state index in [2.05, 4.69) is 4.72 Å². The smallest absolute Gasteiger partial charge is 0.422 e. The number of imide groups is 1. The van der Waals surface area contributed by atoms with Gasteiger partial charge in [-0.3, -0.25) is 4.79 Å². The lowest BCUT2D eigenvalue weighted by atomic mass is 9.97. The van der Waals surface area contributed by atoms with Crippen LogP contribution in [0.2, 0.25) is 0 Å². The number of hydrogen-bond donors (Lipinski definition) is 1. The number of alkyl halides is 2. The molecule has 2 atom stereocenters. The standard InChI is InChI=1S/C23H32F2N2O5S/c1-13(11-16(19(24)25)26-33(30)23(5,6)7)18-15-12-14(31-8)9-10-17(15)27(20(18)28)21(29)32-22(2,3)4/h9-10,12,16,19,26H,11H2,1-8H3/b18-13-/t16-,33-/m0/s1. The van der Waals surface area contributed by atoms with Gasteiger partial charge in [0.25, 0.3) is 12.3 Å². The second-order valence-corrected chi connectivity index (χ2v) is 11.8. The Morgan fingerprint density at radius 2 is 1.79 bits per heavy atom. The number of fused-ring (bicyclic) bond motifs is 1. The van der Waals surface area contributed by atoms with E-state index in [0.29, 0.717) is 16.9 Å². The van der Waals surface area contributed by atoms with E-state index in [1.807, 2.05) is 0 Å². The van der Waals surface area contributed by atoms with Crippen LogP contribution in [0.4, 0.5) is 19.3 Å². The normalized spacial score (nSPS) is 17.7. The van der Waals surface area contributed by atoms with Crippen molar-refractivity contribution in [1.82, 2.24) is 4.72 Å². The van der Waals surface area contributed by atoms with E-state index in [9.17, 15) is 22.6 Å². The maximum atomic E-state index is 13.8. The molecule has 10 heteroatoms. The number of carbonyl (C=O) groups excluding carboxylic acids is 2. The second kappa shape index (κ2) is 9.89. The van der Waals surface area contributed by atoms with Gasteiger partial charge in [-0.25, -0.2) is 27.4 Å². The zero-order valence-corrected chi connectivity index (χ0v) is 21.1. The molecular weight excluding hydrogens is 454 g/mol. The number of anilines is 1. The Hall–Kier alpha value is -2.33. The summed E-state index contributed by atoms with van der Waals surface area (Å²) in [5.74, 6) is -0.231. The molecule has 0 aromatic heterocycles. The molecule has 7 nitrogen and oxygen atoms in total. The molecular formula is C23H32F2N2O5S. The van der Waals surface area contributed by atoms with Crippen LogP contribution in [0.3, 0.4) is 0 Å². The van der Waals surface area contributed by atoms with Crippen LogP contribution in [0.1, 0.15) is 60.5 Å². The predicted molar refractivity (Wildman–Crippen MR) is 125 cm³/mol. The summed E-state index contributed by atoms with van der Waals surface area (Å²) in [7, 11) is -0.275. The molecule has 1 heterocycles. The molecule has 0 spiro atoms. The Kier molecular flexibility index (Phi) is 8.06. The van der Waals surface area contributed by atoms with Crippen LogP contribution < -0.4 is 14.4 Å². The van der Waals surface area contributed by atoms with Crippen LogP contribution in [-0.2, 0) is 20.5 Å². The summed E-state index contributed by atoms with van der Waals surface area (Å²) in [6, 6.07) is 3.27. The van der Waals surface area contributed by atoms with E-state index < -0.39 is 45.8 Å². The monoisotopic (exact) mass is 486 g/mol. The Morgan fingerprint density at radius 1 is 1.18 bits per heavy atom. The van der Waals surface area contributed by atoms with E-state index in [1.54, 1.807) is 66.7 Å². The minimum absolute atomic E-state index is 0.115. The molecule has 1 aliphatic heterocycles. The van der Waals surface area contributed by atoms with Gasteiger partial charge in [-0.15, -0.1) is 0 Å². The fourth-order valence-corrected chi connectivity index (χ4v) is 4.02. The maximum absolute atomic E-state index is 13.8. The number of amides is 2. The number of ether oxygens (including phenoxy) is 2. The summed E-state index contributed by atoms with van der Waals surface area (Å²) in [5.41, 5.74) is 0.262. The van der Waals surface area contributed by atoms with E-state index in [-0.39, 0.29) is 17.7 Å². The van der Waals surface area contributed by atoms with Gasteiger partial charge >= 0.3 is 6.09 Å². The van der Waals surface area contributed by atoms with Gasteiger partial charge in [-0.05, 0) is 73.1 Å². The average molecular weight is 487 g/mol. The highest BCUT2D eigenvalue weighted by Gasteiger charge is 2.41. The molecule has 0 saturated heterocycles. The molecule has 0 bridgehead atoms. The molecule has 0 fully saturated rings. The third kappa shape index (κ3) is 6.38. The van der Waals surface area contributed by atoms with Crippen molar-refractivity contribution in [3.8, 4) is 5.75 Å². The number of hydrogen-bond acceptors (Lipinski definition) is 5. The molecule has 0 unspecified atom stereocenters. The van der Waals surface area contributed by atoms with Crippen molar-refractivity contribution in [2.45, 2.75) is 77.7 Å². The van der Waals surface area contributed by atoms with Crippen LogP contribution in [0.25, 0.3) is 5.57 Å². The highest BCUT2D eigenvalue weighted by Crippen LogP contribution is 2.42. The van der Waals surface area contributed by atoms with E-state index in [1.165, 1.54) is 7.11 Å². The fourth-order valence-electron chi connectivity index (χ4n) is 3.20. The largest absolute Gasteiger partial charge is 0.497 e. The molecule has 33 heavy (non-hydrogen) atoms. The molecule has 1 aliphatic rings. The highest BCUT2D eigenvalue weighted by atomic mass is 32.2.